The number of ether oxygens (including phenoxy) is 5. The highest BCUT2D eigenvalue weighted by Crippen LogP contribution is 2.66. The van der Waals surface area contributed by atoms with E-state index < -0.39 is 72.1 Å². The van der Waals surface area contributed by atoms with Crippen LogP contribution in [0.3, 0.4) is 0 Å². The molecule has 97 heavy (non-hydrogen) atoms. The maximum absolute atomic E-state index is 13.7. The van der Waals surface area contributed by atoms with Crippen molar-refractivity contribution in [1.29, 1.82) is 0 Å². The average Bonchev–Trinajstić information content (AvgIpc) is 1.56. The van der Waals surface area contributed by atoms with Crippen molar-refractivity contribution in [3.05, 3.63) is 128 Å². The molecule has 0 radical (unpaired) electrons. The molecule has 2 aromatic heterocycles. The number of aromatic carboxylic acids is 1. The number of carbonyl (C=O) groups is 4. The summed E-state index contributed by atoms with van der Waals surface area (Å²) in [5.74, 6) is 4.44. The summed E-state index contributed by atoms with van der Waals surface area (Å²) < 4.78 is 82.2. The lowest BCUT2D eigenvalue weighted by Gasteiger charge is -2.38. The third kappa shape index (κ3) is 19.6. The second kappa shape index (κ2) is 33.0. The molecule has 0 spiro atoms. The molecule has 5 aliphatic heterocycles. The number of azide groups is 1. The molecule has 0 saturated carbocycles. The monoisotopic (exact) mass is 1400 g/mol. The van der Waals surface area contributed by atoms with Crippen molar-refractivity contribution < 1.29 is 94.1 Å². The summed E-state index contributed by atoms with van der Waals surface area (Å²) in [6.45, 7) is 3.96. The Bertz CT molecular complexity index is 4100. The molecular formula is C63H78N12O19P3+. The molecule has 0 bridgehead atoms. The van der Waals surface area contributed by atoms with E-state index in [1.54, 1.807) is 35.0 Å². The second-order valence-electron chi connectivity index (χ2n) is 23.7. The molecule has 3 aromatic carbocycles. The van der Waals surface area contributed by atoms with Gasteiger partial charge < -0.3 is 74.6 Å². The molecule has 34 heteroatoms. The second-order valence-corrected chi connectivity index (χ2v) is 28.7. The molecule has 4 unspecified atom stereocenters. The fourth-order valence-corrected chi connectivity index (χ4v) is 16.1. The number of nitrogens with one attached hydrogen (secondary N) is 3. The van der Waals surface area contributed by atoms with E-state index in [0.29, 0.717) is 41.9 Å². The number of phosphoric ester groups is 1. The molecule has 1 fully saturated rings. The molecular weight excluding hydrogens is 1320 g/mol. The van der Waals surface area contributed by atoms with Crippen molar-refractivity contribution in [3.63, 3.8) is 0 Å². The van der Waals surface area contributed by atoms with Crippen molar-refractivity contribution in [1.82, 2.24) is 30.5 Å². The van der Waals surface area contributed by atoms with Crippen LogP contribution >= 0.6 is 23.2 Å². The van der Waals surface area contributed by atoms with Gasteiger partial charge in [-0.1, -0.05) is 29.1 Å². The number of phosphoric acid groups is 2. The Morgan fingerprint density at radius 2 is 1.67 bits per heavy atom. The molecule has 7 heterocycles. The summed E-state index contributed by atoms with van der Waals surface area (Å²) >= 11 is 0. The highest BCUT2D eigenvalue weighted by Gasteiger charge is 2.41. The van der Waals surface area contributed by atoms with E-state index in [0.717, 1.165) is 88.9 Å². The van der Waals surface area contributed by atoms with Gasteiger partial charge in [0.05, 0.1) is 55.6 Å². The van der Waals surface area contributed by atoms with Crippen molar-refractivity contribution in [2.75, 3.05) is 103 Å². The molecule has 6 atom stereocenters. The van der Waals surface area contributed by atoms with Crippen LogP contribution in [-0.4, -0.2) is 173 Å². The number of allylic oxidation sites excluding steroid dienone is 1. The number of nitrogens with two attached hydrogens (primary N) is 1. The number of anilines is 2. The zero-order chi connectivity index (χ0) is 68.7. The number of nitrogen functional groups attached to an aromatic ring is 1. The molecule has 5 aromatic rings. The number of benzene rings is 3. The Balaban J connectivity index is 0.648. The van der Waals surface area contributed by atoms with Crippen LogP contribution in [-0.2, 0) is 65.1 Å². The highest BCUT2D eigenvalue weighted by atomic mass is 31.3. The number of aromatic nitrogens is 3. The summed E-state index contributed by atoms with van der Waals surface area (Å²) in [6.07, 6.45) is 13.9. The lowest BCUT2D eigenvalue weighted by atomic mass is 9.86. The fraction of sp³-hybridized carbons (Fsp3) is 0.476. The van der Waals surface area contributed by atoms with E-state index in [1.165, 1.54) is 65.5 Å². The Morgan fingerprint density at radius 1 is 0.887 bits per heavy atom. The first-order chi connectivity index (χ1) is 46.6. The van der Waals surface area contributed by atoms with Crippen LogP contribution in [0.25, 0.3) is 21.5 Å². The Morgan fingerprint density at radius 3 is 2.45 bits per heavy atom. The largest absolute Gasteiger partial charge is 0.493 e. The van der Waals surface area contributed by atoms with Gasteiger partial charge >= 0.3 is 29.2 Å². The Kier molecular flexibility index (Phi) is 24.4. The van der Waals surface area contributed by atoms with Gasteiger partial charge in [0.2, 0.25) is 5.91 Å². The fourth-order valence-electron chi connectivity index (χ4n) is 12.6. The summed E-state index contributed by atoms with van der Waals surface area (Å²) in [5.41, 5.74) is 24.8. The average molecular weight is 1400 g/mol. The van der Waals surface area contributed by atoms with Gasteiger partial charge in [-0.3, -0.25) is 23.5 Å². The molecule has 31 nitrogen and oxygen atoms in total. The first-order valence-corrected chi connectivity index (χ1v) is 36.9. The summed E-state index contributed by atoms with van der Waals surface area (Å²) in [7, 11) is -15.3. The van der Waals surface area contributed by atoms with Crippen LogP contribution in [0.1, 0.15) is 129 Å². The predicted octanol–water partition coefficient (Wildman–Crippen LogP) is 7.25. The molecule has 1 saturated heterocycles. The van der Waals surface area contributed by atoms with Crippen LogP contribution in [0, 0.1) is 11.8 Å². The lowest BCUT2D eigenvalue weighted by Crippen LogP contribution is -2.35. The number of rotatable bonds is 31. The Hall–Kier alpha value is -8.03. The van der Waals surface area contributed by atoms with E-state index >= 15 is 0 Å². The number of carbonyl (C=O) groups excluding carboxylic acids is 3. The van der Waals surface area contributed by atoms with Crippen LogP contribution in [0.5, 0.6) is 11.5 Å². The zero-order valence-electron chi connectivity index (χ0n) is 53.4. The molecule has 0 aliphatic carbocycles. The standard InChI is InChI=1S/C63H77N12O19P3/c1-95(81,82)93-97(85,86)94-96(83,84)91-37-49-19-21-55(92-49)75-36-45(56-59(64)69-40-70-60(56)75)11-5-22-66-53(76)38-87-30-31-88-54(71-72-65)39-90-48-15-4-10-43(35-48)61(77)67-23-24-68-62(78)44-18-20-50(63(79)80)46(33-44)34-47-32-42-13-7-27-74-28-8-16-51(57(42)74)58(47)89-29-9-14-41-12-6-26-73-25-3-2-17-52(41)73/h4,10,14-15,18,20,32-33,35-36,40,49,54-55H,2-3,6-9,12-13,16-17,19,21-31,34,37-39H2,1H3,(H8-,64,66,67,68,69,70,76,77,78,79,80,81,82,83,84,85,86)/p+1/b41-14-/t49-,54?,55+/m0/s1. The molecule has 9 N–H and O–H groups in total. The quantitative estimate of drug-likeness (QED) is 0.00412. The molecule has 10 rings (SSSR count). The van der Waals surface area contributed by atoms with Crippen molar-refractivity contribution in [2.24, 2.45) is 5.11 Å². The highest BCUT2D eigenvalue weighted by molar-refractivity contribution is 7.68. The lowest BCUT2D eigenvalue weighted by molar-refractivity contribution is -0.535. The molecule has 518 valence electrons. The van der Waals surface area contributed by atoms with Gasteiger partial charge in [0, 0.05) is 104 Å². The van der Waals surface area contributed by atoms with E-state index in [1.807, 2.05) is 0 Å². The normalized spacial score (nSPS) is 19.2. The van der Waals surface area contributed by atoms with Crippen molar-refractivity contribution in [2.45, 2.75) is 102 Å². The van der Waals surface area contributed by atoms with Crippen LogP contribution in [0.4, 0.5) is 11.5 Å². The summed E-state index contributed by atoms with van der Waals surface area (Å²) in [5, 5.41) is 22.6. The van der Waals surface area contributed by atoms with E-state index in [-0.39, 0.29) is 87.2 Å². The number of hydrogen-bond acceptors (Lipinski definition) is 20. The third-order valence-electron chi connectivity index (χ3n) is 16.7. The topological polar surface area (TPSA) is 422 Å². The van der Waals surface area contributed by atoms with Crippen LogP contribution in [0.2, 0.25) is 0 Å². The van der Waals surface area contributed by atoms with Crippen molar-refractivity contribution in [3.8, 4) is 23.3 Å². The maximum atomic E-state index is 13.7. The first kappa shape index (κ1) is 71.7. The van der Waals surface area contributed by atoms with Crippen molar-refractivity contribution >= 4 is 75.2 Å². The number of fused-ring (bicyclic) bond motifs is 1. The van der Waals surface area contributed by atoms with Gasteiger partial charge in [-0.05, 0) is 116 Å². The number of carboxylic acids is 1. The first-order valence-electron chi connectivity index (χ1n) is 31.9. The van der Waals surface area contributed by atoms with E-state index in [9.17, 15) is 58.2 Å². The number of hydrogen-bond donors (Lipinski definition) is 8. The minimum Gasteiger partial charge on any atom is -0.493 e. The number of carboxylic acid groups (broad SMARTS) is 1. The van der Waals surface area contributed by atoms with Crippen LogP contribution in [0.15, 0.2) is 77.8 Å². The summed E-state index contributed by atoms with van der Waals surface area (Å²) in [4.78, 5) is 94.6. The van der Waals surface area contributed by atoms with Gasteiger partial charge in [-0.2, -0.15) is 4.31 Å². The number of amides is 3. The van der Waals surface area contributed by atoms with Gasteiger partial charge in [0.25, 0.3) is 11.8 Å². The third-order valence-corrected chi connectivity index (χ3v) is 20.8. The SMILES string of the molecule is CP(=O)(O)OP(=O)(O)OP(=O)(O)OC[C@@H]1CC[C@H](n2cc(C#CCNC(=O)COCCOC(COc3cccc(C(=O)NCCNC(=O)c4ccc(C(=O)O)c(Cc5cc6c7c(c5OCC/C=C5/CCC[N+]8=C5CCCC8)CCCN7CCC6)c4)c3)N=[N+]=[N-])c3c(N)ncnc32)O1. The number of aryl methyl sites for hydroxylation is 1. The smallest absolute Gasteiger partial charge is 0.488 e. The minimum absolute atomic E-state index is 0.0607. The van der Waals surface area contributed by atoms with Gasteiger partial charge in [0.15, 0.2) is 11.9 Å². The van der Waals surface area contributed by atoms with Crippen LogP contribution < -0.4 is 36.1 Å². The van der Waals surface area contributed by atoms with E-state index in [2.05, 4.69) is 78.0 Å². The molecule has 3 amide bonds. The number of nitrogens with zero attached hydrogens (tertiary/aromatic N) is 8. The summed E-state index contributed by atoms with van der Waals surface area (Å²) in [6, 6.07) is 13.0. The van der Waals surface area contributed by atoms with Gasteiger partial charge in [-0.15, -0.1) is 0 Å². The predicted molar refractivity (Wildman–Crippen MR) is 353 cm³/mol. The van der Waals surface area contributed by atoms with E-state index in [4.69, 9.17) is 33.9 Å². The van der Waals surface area contributed by atoms with Gasteiger partial charge in [-0.25, -0.2) is 32.8 Å². The zero-order valence-corrected chi connectivity index (χ0v) is 56.1. The minimum atomic E-state index is -5.46. The maximum Gasteiger partial charge on any atom is 0.488 e. The Labute approximate surface area is 558 Å². The van der Waals surface area contributed by atoms with Gasteiger partial charge in [0.1, 0.15) is 61.8 Å². The molecule has 5 aliphatic rings.